The molecule has 0 spiro atoms. The number of nitrogens with one attached hydrogen (secondary N) is 2. The summed E-state index contributed by atoms with van der Waals surface area (Å²) in [7, 11) is 0. The molecule has 0 aliphatic rings. The van der Waals surface area contributed by atoms with Crippen LogP contribution >= 0.6 is 0 Å². The normalized spacial score (nSPS) is 10.8. The fraction of sp³-hybridized carbons (Fsp3) is 0.167. The standard InChI is InChI=1S/C24H23N5O3/c1-16(2)22-19(15-27-29(22)21-7-3-4-12-25-21)23(30)26-14-17-8-10-18(11-9-17)28-24(31)20-6-5-13-32-20/h3-13,15-16H,14H2,1-2H3,(H,26,30)(H,28,31). The van der Waals surface area contributed by atoms with Crippen molar-refractivity contribution in [3.05, 3.63) is 95.8 Å². The maximum Gasteiger partial charge on any atom is 0.291 e. The number of nitrogens with zero attached hydrogens (tertiary/aromatic N) is 3. The highest BCUT2D eigenvalue weighted by Gasteiger charge is 2.21. The molecule has 8 heteroatoms. The molecule has 0 fully saturated rings. The first-order valence-corrected chi connectivity index (χ1v) is 10.2. The molecule has 4 rings (SSSR count). The minimum atomic E-state index is -0.317. The van der Waals surface area contributed by atoms with Gasteiger partial charge >= 0.3 is 0 Å². The molecule has 0 radical (unpaired) electrons. The fourth-order valence-electron chi connectivity index (χ4n) is 3.33. The van der Waals surface area contributed by atoms with Gasteiger partial charge in [0.1, 0.15) is 0 Å². The molecule has 2 N–H and O–H groups in total. The van der Waals surface area contributed by atoms with E-state index in [1.807, 2.05) is 44.2 Å². The summed E-state index contributed by atoms with van der Waals surface area (Å²) in [5.41, 5.74) is 2.86. The summed E-state index contributed by atoms with van der Waals surface area (Å²) in [4.78, 5) is 29.3. The number of hydrogen-bond acceptors (Lipinski definition) is 5. The first-order chi connectivity index (χ1) is 15.5. The van der Waals surface area contributed by atoms with Gasteiger partial charge in [0.25, 0.3) is 11.8 Å². The van der Waals surface area contributed by atoms with Crippen molar-refractivity contribution in [1.29, 1.82) is 0 Å². The number of amides is 2. The second-order valence-corrected chi connectivity index (χ2v) is 7.51. The van der Waals surface area contributed by atoms with E-state index in [-0.39, 0.29) is 23.5 Å². The highest BCUT2D eigenvalue weighted by atomic mass is 16.3. The molecule has 0 atom stereocenters. The van der Waals surface area contributed by atoms with Crippen molar-refractivity contribution in [2.24, 2.45) is 0 Å². The number of carbonyl (C=O) groups excluding carboxylic acids is 2. The Kier molecular flexibility index (Phi) is 6.12. The Morgan fingerprint density at radius 1 is 1.03 bits per heavy atom. The van der Waals surface area contributed by atoms with E-state index in [1.54, 1.807) is 41.3 Å². The van der Waals surface area contributed by atoms with Crippen LogP contribution < -0.4 is 10.6 Å². The summed E-state index contributed by atoms with van der Waals surface area (Å²) in [5, 5.41) is 10.1. The largest absolute Gasteiger partial charge is 0.459 e. The molecule has 0 aliphatic heterocycles. The molecule has 0 unspecified atom stereocenters. The van der Waals surface area contributed by atoms with E-state index in [9.17, 15) is 9.59 Å². The molecule has 3 aromatic heterocycles. The van der Waals surface area contributed by atoms with Crippen molar-refractivity contribution in [1.82, 2.24) is 20.1 Å². The van der Waals surface area contributed by atoms with Gasteiger partial charge in [-0.2, -0.15) is 5.10 Å². The zero-order chi connectivity index (χ0) is 22.5. The predicted molar refractivity (Wildman–Crippen MR) is 120 cm³/mol. The van der Waals surface area contributed by atoms with E-state index in [1.165, 1.54) is 6.26 Å². The Morgan fingerprint density at radius 3 is 2.50 bits per heavy atom. The Balaban J connectivity index is 1.42. The Labute approximate surface area is 185 Å². The topological polar surface area (TPSA) is 102 Å². The van der Waals surface area contributed by atoms with Crippen molar-refractivity contribution in [2.75, 3.05) is 5.32 Å². The van der Waals surface area contributed by atoms with Gasteiger partial charge in [-0.1, -0.05) is 32.0 Å². The Hall–Kier alpha value is -4.20. The van der Waals surface area contributed by atoms with Crippen LogP contribution in [0, 0.1) is 0 Å². The van der Waals surface area contributed by atoms with Crippen LogP contribution in [0.3, 0.4) is 0 Å². The van der Waals surface area contributed by atoms with Gasteiger partial charge in [0.05, 0.1) is 23.7 Å². The number of furan rings is 1. The molecule has 3 heterocycles. The molecule has 32 heavy (non-hydrogen) atoms. The summed E-state index contributed by atoms with van der Waals surface area (Å²) in [6.07, 6.45) is 4.72. The molecule has 1 aromatic carbocycles. The summed E-state index contributed by atoms with van der Waals surface area (Å²) < 4.78 is 6.79. The Morgan fingerprint density at radius 2 is 1.84 bits per heavy atom. The smallest absolute Gasteiger partial charge is 0.291 e. The van der Waals surface area contributed by atoms with Crippen LogP contribution in [-0.2, 0) is 6.54 Å². The predicted octanol–water partition coefficient (Wildman–Crippen LogP) is 4.17. The van der Waals surface area contributed by atoms with Gasteiger partial charge in [0, 0.05) is 18.4 Å². The average molecular weight is 429 g/mol. The van der Waals surface area contributed by atoms with Gasteiger partial charge in [0.15, 0.2) is 11.6 Å². The average Bonchev–Trinajstić information content (AvgIpc) is 3.49. The zero-order valence-electron chi connectivity index (χ0n) is 17.8. The minimum absolute atomic E-state index is 0.0808. The molecule has 0 bridgehead atoms. The van der Waals surface area contributed by atoms with Crippen LogP contribution in [0.25, 0.3) is 5.82 Å². The molecule has 0 saturated carbocycles. The number of aromatic nitrogens is 3. The van der Waals surface area contributed by atoms with Crippen LogP contribution in [0.1, 0.15) is 51.9 Å². The molecule has 162 valence electrons. The minimum Gasteiger partial charge on any atom is -0.459 e. The van der Waals surface area contributed by atoms with E-state index in [0.29, 0.717) is 23.6 Å². The molecule has 2 amide bonds. The van der Waals surface area contributed by atoms with Gasteiger partial charge in [-0.15, -0.1) is 0 Å². The van der Waals surface area contributed by atoms with Crippen LogP contribution in [0.15, 0.2) is 77.7 Å². The van der Waals surface area contributed by atoms with Crippen molar-refractivity contribution in [2.45, 2.75) is 26.3 Å². The van der Waals surface area contributed by atoms with Crippen molar-refractivity contribution in [3.8, 4) is 5.82 Å². The lowest BCUT2D eigenvalue weighted by atomic mass is 10.1. The highest BCUT2D eigenvalue weighted by Crippen LogP contribution is 2.22. The lowest BCUT2D eigenvalue weighted by Gasteiger charge is -2.12. The molecule has 0 saturated heterocycles. The van der Waals surface area contributed by atoms with E-state index in [2.05, 4.69) is 20.7 Å². The van der Waals surface area contributed by atoms with Gasteiger partial charge in [0.2, 0.25) is 0 Å². The SMILES string of the molecule is CC(C)c1c(C(=O)NCc2ccc(NC(=O)c3ccco3)cc2)cnn1-c1ccccn1. The van der Waals surface area contributed by atoms with Crippen molar-refractivity contribution >= 4 is 17.5 Å². The number of hydrogen-bond donors (Lipinski definition) is 2. The first kappa shape index (κ1) is 21.0. The van der Waals surface area contributed by atoms with E-state index < -0.39 is 0 Å². The summed E-state index contributed by atoms with van der Waals surface area (Å²) in [5.74, 6) is 0.474. The second-order valence-electron chi connectivity index (χ2n) is 7.51. The maximum atomic E-state index is 12.9. The lowest BCUT2D eigenvalue weighted by Crippen LogP contribution is -2.24. The highest BCUT2D eigenvalue weighted by molar-refractivity contribution is 6.02. The molecular weight excluding hydrogens is 406 g/mol. The molecular formula is C24H23N5O3. The van der Waals surface area contributed by atoms with Crippen LogP contribution in [-0.4, -0.2) is 26.6 Å². The Bertz CT molecular complexity index is 1200. The number of anilines is 1. The third-order valence-corrected chi connectivity index (χ3v) is 4.87. The first-order valence-electron chi connectivity index (χ1n) is 10.2. The van der Waals surface area contributed by atoms with Crippen LogP contribution in [0.5, 0.6) is 0 Å². The van der Waals surface area contributed by atoms with Gasteiger partial charge in [-0.3, -0.25) is 9.59 Å². The van der Waals surface area contributed by atoms with Crippen LogP contribution in [0.2, 0.25) is 0 Å². The number of rotatable bonds is 7. The fourth-order valence-corrected chi connectivity index (χ4v) is 3.33. The third-order valence-electron chi connectivity index (χ3n) is 4.87. The monoisotopic (exact) mass is 429 g/mol. The maximum absolute atomic E-state index is 12.9. The summed E-state index contributed by atoms with van der Waals surface area (Å²) in [6, 6.07) is 16.1. The molecule has 4 aromatic rings. The third kappa shape index (κ3) is 4.59. The zero-order valence-corrected chi connectivity index (χ0v) is 17.8. The van der Waals surface area contributed by atoms with Gasteiger partial charge in [-0.05, 0) is 47.9 Å². The quantitative estimate of drug-likeness (QED) is 0.459. The number of benzene rings is 1. The number of pyridine rings is 1. The molecule has 0 aliphatic carbocycles. The molecule has 8 nitrogen and oxygen atoms in total. The lowest BCUT2D eigenvalue weighted by molar-refractivity contribution is 0.0948. The van der Waals surface area contributed by atoms with Gasteiger partial charge < -0.3 is 15.1 Å². The summed E-state index contributed by atoms with van der Waals surface area (Å²) >= 11 is 0. The van der Waals surface area contributed by atoms with E-state index in [0.717, 1.165) is 11.3 Å². The second kappa shape index (κ2) is 9.30. The van der Waals surface area contributed by atoms with Gasteiger partial charge in [-0.25, -0.2) is 9.67 Å². The van der Waals surface area contributed by atoms with E-state index >= 15 is 0 Å². The number of carbonyl (C=O) groups is 2. The van der Waals surface area contributed by atoms with Crippen LogP contribution in [0.4, 0.5) is 5.69 Å². The summed E-state index contributed by atoms with van der Waals surface area (Å²) in [6.45, 7) is 4.38. The van der Waals surface area contributed by atoms with Crippen molar-refractivity contribution in [3.63, 3.8) is 0 Å². The van der Waals surface area contributed by atoms with E-state index in [4.69, 9.17) is 4.42 Å². The van der Waals surface area contributed by atoms with Crippen molar-refractivity contribution < 1.29 is 14.0 Å².